The third kappa shape index (κ3) is 2.86. The van der Waals surface area contributed by atoms with Gasteiger partial charge in [-0.1, -0.05) is 20.8 Å². The van der Waals surface area contributed by atoms with E-state index in [2.05, 4.69) is 30.7 Å². The average Bonchev–Trinajstić information content (AvgIpc) is 1.82. The first-order valence-corrected chi connectivity index (χ1v) is 4.02. The van der Waals surface area contributed by atoms with Crippen molar-refractivity contribution in [2.24, 2.45) is 5.41 Å². The normalized spacial score (nSPS) is 11.6. The highest BCUT2D eigenvalue weighted by Gasteiger charge is 2.12. The van der Waals surface area contributed by atoms with Crippen LogP contribution in [0.3, 0.4) is 0 Å². The molecule has 0 fully saturated rings. The molecule has 0 aliphatic carbocycles. The molecule has 1 N–H and O–H groups in total. The number of nitrogens with one attached hydrogen (secondary N) is 1. The zero-order chi connectivity index (χ0) is 9.19. The first-order chi connectivity index (χ1) is 5.47. The number of nitrogens with zero attached hydrogens (tertiary/aromatic N) is 1. The lowest BCUT2D eigenvalue weighted by molar-refractivity contribution is 0.400. The van der Waals surface area contributed by atoms with Gasteiger partial charge < -0.3 is 4.98 Å². The molecule has 0 amide bonds. The minimum Gasteiger partial charge on any atom is -0.311 e. The highest BCUT2D eigenvalue weighted by Crippen LogP contribution is 2.16. The van der Waals surface area contributed by atoms with Crippen LogP contribution in [-0.2, 0) is 6.42 Å². The summed E-state index contributed by atoms with van der Waals surface area (Å²) >= 11 is 0. The van der Waals surface area contributed by atoms with Crippen LogP contribution in [0.5, 0.6) is 0 Å². The second-order valence-electron chi connectivity index (χ2n) is 4.12. The summed E-state index contributed by atoms with van der Waals surface area (Å²) in [7, 11) is 0. The topological polar surface area (TPSA) is 45.8 Å². The molecule has 0 aromatic carbocycles. The van der Waals surface area contributed by atoms with E-state index in [4.69, 9.17) is 0 Å². The van der Waals surface area contributed by atoms with E-state index in [1.807, 2.05) is 0 Å². The van der Waals surface area contributed by atoms with Gasteiger partial charge in [0.05, 0.1) is 0 Å². The van der Waals surface area contributed by atoms with E-state index in [0.29, 0.717) is 0 Å². The number of H-pyrrole nitrogens is 1. The summed E-state index contributed by atoms with van der Waals surface area (Å²) in [6, 6.07) is 1.42. The molecule has 12 heavy (non-hydrogen) atoms. The third-order valence-corrected chi connectivity index (χ3v) is 1.42. The Bertz CT molecular complexity index is 309. The Morgan fingerprint density at radius 2 is 2.17 bits per heavy atom. The van der Waals surface area contributed by atoms with Gasteiger partial charge in [0, 0.05) is 18.7 Å². The van der Waals surface area contributed by atoms with Gasteiger partial charge in [-0.3, -0.25) is 4.79 Å². The molecule has 0 spiro atoms. The fourth-order valence-electron chi connectivity index (χ4n) is 1.00. The van der Waals surface area contributed by atoms with Crippen LogP contribution < -0.4 is 5.56 Å². The predicted octanol–water partition coefficient (Wildman–Crippen LogP) is 1.36. The van der Waals surface area contributed by atoms with Crippen LogP contribution >= 0.6 is 0 Å². The third-order valence-electron chi connectivity index (χ3n) is 1.42. The second-order valence-corrected chi connectivity index (χ2v) is 4.12. The van der Waals surface area contributed by atoms with Crippen molar-refractivity contribution >= 4 is 0 Å². The zero-order valence-corrected chi connectivity index (χ0v) is 7.72. The molecule has 0 saturated heterocycles. The average molecular weight is 166 g/mol. The van der Waals surface area contributed by atoms with Crippen LogP contribution in [0.4, 0.5) is 0 Å². The Kier molecular flexibility index (Phi) is 2.31. The lowest BCUT2D eigenvalue weighted by Crippen LogP contribution is -2.16. The fraction of sp³-hybridized carbons (Fsp3) is 0.556. The van der Waals surface area contributed by atoms with Gasteiger partial charge in [-0.2, -0.15) is 0 Å². The van der Waals surface area contributed by atoms with E-state index in [1.165, 1.54) is 6.07 Å². The largest absolute Gasteiger partial charge is 0.311 e. The van der Waals surface area contributed by atoms with Crippen molar-refractivity contribution in [2.45, 2.75) is 27.2 Å². The molecule has 0 bridgehead atoms. The van der Waals surface area contributed by atoms with Crippen molar-refractivity contribution in [1.82, 2.24) is 9.97 Å². The van der Waals surface area contributed by atoms with Crippen molar-refractivity contribution in [1.29, 1.82) is 0 Å². The Balaban J connectivity index is 2.84. The molecule has 1 rings (SSSR count). The first kappa shape index (κ1) is 8.97. The van der Waals surface area contributed by atoms with E-state index in [-0.39, 0.29) is 11.0 Å². The minimum absolute atomic E-state index is 0.0794. The van der Waals surface area contributed by atoms with Gasteiger partial charge in [-0.05, 0) is 5.41 Å². The molecule has 0 atom stereocenters. The fourth-order valence-corrected chi connectivity index (χ4v) is 1.00. The highest BCUT2D eigenvalue weighted by molar-refractivity contribution is 4.92. The molecule has 1 aromatic heterocycles. The van der Waals surface area contributed by atoms with Gasteiger partial charge in [0.15, 0.2) is 0 Å². The number of rotatable bonds is 1. The van der Waals surface area contributed by atoms with Crippen LogP contribution in [-0.4, -0.2) is 9.97 Å². The Morgan fingerprint density at radius 1 is 1.50 bits per heavy atom. The van der Waals surface area contributed by atoms with Crippen LogP contribution in [0.15, 0.2) is 17.1 Å². The lowest BCUT2D eigenvalue weighted by Gasteiger charge is -2.16. The SMILES string of the molecule is CC(C)(C)Cc1nccc(=O)[nH]1. The molecular formula is C9H14N2O. The number of aromatic amines is 1. The molecule has 3 nitrogen and oxygen atoms in total. The molecule has 0 radical (unpaired) electrons. The van der Waals surface area contributed by atoms with Crippen molar-refractivity contribution in [3.63, 3.8) is 0 Å². The molecule has 0 aliphatic rings. The molecule has 0 aliphatic heterocycles. The lowest BCUT2D eigenvalue weighted by atomic mass is 9.92. The van der Waals surface area contributed by atoms with Crippen molar-refractivity contribution < 1.29 is 0 Å². The molecule has 0 saturated carbocycles. The van der Waals surface area contributed by atoms with Gasteiger partial charge in [0.2, 0.25) is 0 Å². The van der Waals surface area contributed by atoms with E-state index < -0.39 is 0 Å². The van der Waals surface area contributed by atoms with Crippen LogP contribution in [0.2, 0.25) is 0 Å². The maximum absolute atomic E-state index is 10.9. The Hall–Kier alpha value is -1.12. The van der Waals surface area contributed by atoms with Crippen LogP contribution in [0.25, 0.3) is 0 Å². The summed E-state index contributed by atoms with van der Waals surface area (Å²) < 4.78 is 0. The summed E-state index contributed by atoms with van der Waals surface area (Å²) in [4.78, 5) is 17.6. The summed E-state index contributed by atoms with van der Waals surface area (Å²) in [5.74, 6) is 0.759. The number of hydrogen-bond donors (Lipinski definition) is 1. The predicted molar refractivity (Wildman–Crippen MR) is 48.0 cm³/mol. The van der Waals surface area contributed by atoms with E-state index >= 15 is 0 Å². The van der Waals surface area contributed by atoms with Crippen LogP contribution in [0, 0.1) is 5.41 Å². The molecule has 66 valence electrons. The number of hydrogen-bond acceptors (Lipinski definition) is 2. The summed E-state index contributed by atoms with van der Waals surface area (Å²) in [5, 5.41) is 0. The maximum Gasteiger partial charge on any atom is 0.250 e. The molecular weight excluding hydrogens is 152 g/mol. The first-order valence-electron chi connectivity index (χ1n) is 4.02. The Morgan fingerprint density at radius 3 is 2.67 bits per heavy atom. The van der Waals surface area contributed by atoms with Gasteiger partial charge in [-0.25, -0.2) is 4.98 Å². The number of aromatic nitrogens is 2. The second kappa shape index (κ2) is 3.09. The van der Waals surface area contributed by atoms with E-state index in [9.17, 15) is 4.79 Å². The van der Waals surface area contributed by atoms with Crippen LogP contribution in [0.1, 0.15) is 26.6 Å². The van der Waals surface area contributed by atoms with Gasteiger partial charge in [0.25, 0.3) is 5.56 Å². The van der Waals surface area contributed by atoms with E-state index in [1.54, 1.807) is 6.20 Å². The maximum atomic E-state index is 10.9. The van der Waals surface area contributed by atoms with Gasteiger partial charge in [-0.15, -0.1) is 0 Å². The van der Waals surface area contributed by atoms with Gasteiger partial charge >= 0.3 is 0 Å². The van der Waals surface area contributed by atoms with E-state index in [0.717, 1.165) is 12.2 Å². The highest BCUT2D eigenvalue weighted by atomic mass is 16.1. The monoisotopic (exact) mass is 166 g/mol. The quantitative estimate of drug-likeness (QED) is 0.684. The molecule has 1 aromatic rings. The smallest absolute Gasteiger partial charge is 0.250 e. The molecule has 3 heteroatoms. The Labute approximate surface area is 71.9 Å². The summed E-state index contributed by atoms with van der Waals surface area (Å²) in [6.07, 6.45) is 2.34. The molecule has 0 unspecified atom stereocenters. The van der Waals surface area contributed by atoms with Crippen molar-refractivity contribution in [3.8, 4) is 0 Å². The van der Waals surface area contributed by atoms with Gasteiger partial charge in [0.1, 0.15) is 5.82 Å². The minimum atomic E-state index is -0.0794. The zero-order valence-electron chi connectivity index (χ0n) is 7.72. The van der Waals surface area contributed by atoms with Crippen molar-refractivity contribution in [2.75, 3.05) is 0 Å². The summed E-state index contributed by atoms with van der Waals surface area (Å²) in [5.41, 5.74) is 0.0846. The summed E-state index contributed by atoms with van der Waals surface area (Å²) in [6.45, 7) is 6.33. The van der Waals surface area contributed by atoms with Crippen molar-refractivity contribution in [3.05, 3.63) is 28.4 Å². The standard InChI is InChI=1S/C9H14N2O/c1-9(2,3)6-7-10-5-4-8(12)11-7/h4-5H,6H2,1-3H3,(H,10,11,12). The molecule has 1 heterocycles.